The van der Waals surface area contributed by atoms with Gasteiger partial charge in [0.1, 0.15) is 0 Å². The van der Waals surface area contributed by atoms with Crippen molar-refractivity contribution in [2.75, 3.05) is 5.32 Å². The van der Waals surface area contributed by atoms with Gasteiger partial charge in [0.15, 0.2) is 17.7 Å². The van der Waals surface area contributed by atoms with Crippen molar-refractivity contribution in [1.82, 2.24) is 4.98 Å². The number of nitrogens with one attached hydrogen (secondary N) is 1. The third kappa shape index (κ3) is 3.80. The summed E-state index contributed by atoms with van der Waals surface area (Å²) >= 11 is 0. The van der Waals surface area contributed by atoms with Crippen LogP contribution in [0.25, 0.3) is 10.9 Å². The standard InChI is InChI=1S/C30H22N2O5/c1-16(37-30(36)26-21-9-4-5-11-24(21)32-25-12-6-10-22(25)26)29(35)31-17-13-14-20-23(15-17)28(34)19-8-3-2-7-18(19)27(20)33/h2-5,7-9,11,13-16H,6,10,12H2,1H3,(H,31,35). The number of aromatic nitrogens is 1. The lowest BCUT2D eigenvalue weighted by Crippen LogP contribution is -2.30. The Balaban J connectivity index is 1.23. The van der Waals surface area contributed by atoms with Gasteiger partial charge in [-0.25, -0.2) is 4.79 Å². The molecule has 37 heavy (non-hydrogen) atoms. The van der Waals surface area contributed by atoms with Crippen molar-refractivity contribution in [2.45, 2.75) is 32.3 Å². The van der Waals surface area contributed by atoms with E-state index in [1.807, 2.05) is 24.3 Å². The number of ether oxygens (including phenoxy) is 1. The molecule has 1 unspecified atom stereocenters. The van der Waals surface area contributed by atoms with Crippen LogP contribution in [-0.4, -0.2) is 34.5 Å². The Bertz CT molecular complexity index is 1660. The Morgan fingerprint density at radius 2 is 1.54 bits per heavy atom. The molecule has 1 heterocycles. The number of benzene rings is 3. The highest BCUT2D eigenvalue weighted by molar-refractivity contribution is 6.28. The summed E-state index contributed by atoms with van der Waals surface area (Å²) < 4.78 is 5.60. The summed E-state index contributed by atoms with van der Waals surface area (Å²) in [5.74, 6) is -1.62. The minimum atomic E-state index is -1.09. The Labute approximate surface area is 212 Å². The largest absolute Gasteiger partial charge is 0.449 e. The third-order valence-corrected chi connectivity index (χ3v) is 6.97. The molecule has 0 bridgehead atoms. The first kappa shape index (κ1) is 22.8. The molecule has 1 amide bonds. The van der Waals surface area contributed by atoms with Crippen molar-refractivity contribution in [2.24, 2.45) is 0 Å². The molecule has 7 nitrogen and oxygen atoms in total. The Morgan fingerprint density at radius 1 is 0.865 bits per heavy atom. The van der Waals surface area contributed by atoms with Crippen molar-refractivity contribution >= 4 is 40.0 Å². The SMILES string of the molecule is CC(OC(=O)c1c2c(nc3ccccc13)CCC2)C(=O)Nc1ccc2c(c1)C(=O)c1ccccc1C2=O. The monoisotopic (exact) mass is 490 g/mol. The lowest BCUT2D eigenvalue weighted by Gasteiger charge is -2.19. The van der Waals surface area contributed by atoms with Crippen molar-refractivity contribution in [3.8, 4) is 0 Å². The van der Waals surface area contributed by atoms with E-state index in [9.17, 15) is 19.2 Å². The van der Waals surface area contributed by atoms with E-state index < -0.39 is 18.0 Å². The van der Waals surface area contributed by atoms with Gasteiger partial charge in [-0.15, -0.1) is 0 Å². The smallest absolute Gasteiger partial charge is 0.339 e. The molecule has 0 spiro atoms. The van der Waals surface area contributed by atoms with Crippen LogP contribution in [0.4, 0.5) is 5.69 Å². The minimum Gasteiger partial charge on any atom is -0.449 e. The molecule has 7 heteroatoms. The fourth-order valence-corrected chi connectivity index (χ4v) is 5.14. The zero-order valence-corrected chi connectivity index (χ0v) is 20.0. The molecule has 2 aliphatic carbocycles. The molecule has 4 aromatic rings. The third-order valence-electron chi connectivity index (χ3n) is 6.97. The van der Waals surface area contributed by atoms with Crippen molar-refractivity contribution in [1.29, 1.82) is 0 Å². The number of pyridine rings is 1. The summed E-state index contributed by atoms with van der Waals surface area (Å²) in [4.78, 5) is 56.7. The van der Waals surface area contributed by atoms with Gasteiger partial charge in [-0.2, -0.15) is 0 Å². The number of hydrogen-bond donors (Lipinski definition) is 1. The first-order valence-electron chi connectivity index (χ1n) is 12.2. The molecule has 0 fully saturated rings. The second-order valence-corrected chi connectivity index (χ2v) is 9.28. The van der Waals surface area contributed by atoms with Crippen LogP contribution in [0, 0.1) is 0 Å². The molecule has 2 aliphatic rings. The summed E-state index contributed by atoms with van der Waals surface area (Å²) in [6.45, 7) is 1.50. The van der Waals surface area contributed by atoms with Crippen molar-refractivity contribution in [3.05, 3.63) is 106 Å². The molecular weight excluding hydrogens is 468 g/mol. The van der Waals surface area contributed by atoms with Crippen LogP contribution in [0.1, 0.15) is 66.8 Å². The number of hydrogen-bond acceptors (Lipinski definition) is 6. The number of ketones is 2. The molecule has 6 rings (SSSR count). The molecule has 0 aliphatic heterocycles. The van der Waals surface area contributed by atoms with Gasteiger partial charge in [0.05, 0.1) is 11.1 Å². The molecule has 1 atom stereocenters. The summed E-state index contributed by atoms with van der Waals surface area (Å²) in [5, 5.41) is 3.41. The molecule has 1 N–H and O–H groups in total. The average molecular weight is 491 g/mol. The fraction of sp³-hybridized carbons (Fsp3) is 0.167. The number of amides is 1. The van der Waals surface area contributed by atoms with E-state index in [4.69, 9.17) is 9.72 Å². The topological polar surface area (TPSA) is 102 Å². The molecule has 1 aromatic heterocycles. The molecular formula is C30H22N2O5. The Morgan fingerprint density at radius 3 is 2.32 bits per heavy atom. The first-order valence-corrected chi connectivity index (χ1v) is 12.2. The summed E-state index contributed by atoms with van der Waals surface area (Å²) in [7, 11) is 0. The first-order chi connectivity index (χ1) is 17.9. The number of aryl methyl sites for hydroxylation is 1. The number of esters is 1. The van der Waals surface area contributed by atoms with Gasteiger partial charge >= 0.3 is 5.97 Å². The van der Waals surface area contributed by atoms with Crippen LogP contribution in [0.5, 0.6) is 0 Å². The second-order valence-electron chi connectivity index (χ2n) is 9.28. The van der Waals surface area contributed by atoms with E-state index in [-0.39, 0.29) is 17.1 Å². The number of nitrogens with zero attached hydrogens (tertiary/aromatic N) is 1. The van der Waals surface area contributed by atoms with Gasteiger partial charge in [-0.1, -0.05) is 42.5 Å². The number of fused-ring (bicyclic) bond motifs is 4. The molecule has 0 saturated carbocycles. The van der Waals surface area contributed by atoms with E-state index in [1.165, 1.54) is 19.1 Å². The maximum atomic E-state index is 13.3. The summed E-state index contributed by atoms with van der Waals surface area (Å²) in [6, 6.07) is 18.7. The van der Waals surface area contributed by atoms with Crippen LogP contribution >= 0.6 is 0 Å². The van der Waals surface area contributed by atoms with E-state index in [2.05, 4.69) is 5.32 Å². The second kappa shape index (κ2) is 8.78. The Kier molecular flexibility index (Phi) is 5.41. The molecule has 3 aromatic carbocycles. The van der Waals surface area contributed by atoms with Crippen molar-refractivity contribution in [3.63, 3.8) is 0 Å². The highest BCUT2D eigenvalue weighted by Crippen LogP contribution is 2.31. The fourth-order valence-electron chi connectivity index (χ4n) is 5.14. The highest BCUT2D eigenvalue weighted by atomic mass is 16.5. The molecule has 182 valence electrons. The quantitative estimate of drug-likeness (QED) is 0.367. The minimum absolute atomic E-state index is 0.227. The van der Waals surface area contributed by atoms with Gasteiger partial charge in [0, 0.05) is 39.0 Å². The van der Waals surface area contributed by atoms with Gasteiger partial charge in [0.25, 0.3) is 5.91 Å². The molecule has 0 saturated heterocycles. The zero-order chi connectivity index (χ0) is 25.7. The maximum absolute atomic E-state index is 13.3. The van der Waals surface area contributed by atoms with Crippen LogP contribution in [0.3, 0.4) is 0 Å². The van der Waals surface area contributed by atoms with E-state index in [0.29, 0.717) is 33.3 Å². The predicted octanol–water partition coefficient (Wildman–Crippen LogP) is 4.68. The predicted molar refractivity (Wildman–Crippen MR) is 137 cm³/mol. The number of carbonyl (C=O) groups excluding carboxylic acids is 4. The van der Waals surface area contributed by atoms with E-state index in [1.54, 1.807) is 30.3 Å². The number of para-hydroxylation sites is 1. The highest BCUT2D eigenvalue weighted by Gasteiger charge is 2.30. The van der Waals surface area contributed by atoms with Gasteiger partial charge in [-0.3, -0.25) is 19.4 Å². The van der Waals surface area contributed by atoms with Gasteiger partial charge in [0.2, 0.25) is 0 Å². The lowest BCUT2D eigenvalue weighted by atomic mass is 9.84. The van der Waals surface area contributed by atoms with Gasteiger partial charge < -0.3 is 10.1 Å². The van der Waals surface area contributed by atoms with Crippen LogP contribution in [0.2, 0.25) is 0 Å². The van der Waals surface area contributed by atoms with Crippen LogP contribution in [0.15, 0.2) is 66.7 Å². The number of rotatable bonds is 4. The van der Waals surface area contributed by atoms with Crippen LogP contribution in [-0.2, 0) is 22.4 Å². The van der Waals surface area contributed by atoms with Crippen molar-refractivity contribution < 1.29 is 23.9 Å². The normalized spacial score (nSPS) is 14.5. The summed E-state index contributed by atoms with van der Waals surface area (Å²) in [6.07, 6.45) is 1.37. The maximum Gasteiger partial charge on any atom is 0.339 e. The summed E-state index contributed by atoms with van der Waals surface area (Å²) in [5.41, 5.74) is 4.53. The Hall–Kier alpha value is -4.65. The lowest BCUT2D eigenvalue weighted by molar-refractivity contribution is -0.123. The average Bonchev–Trinajstić information content (AvgIpc) is 3.38. The molecule has 0 radical (unpaired) electrons. The number of carbonyl (C=O) groups is 4. The van der Waals surface area contributed by atoms with E-state index in [0.717, 1.165) is 36.0 Å². The zero-order valence-electron chi connectivity index (χ0n) is 20.0. The van der Waals surface area contributed by atoms with Crippen LogP contribution < -0.4 is 5.32 Å². The van der Waals surface area contributed by atoms with E-state index >= 15 is 0 Å². The van der Waals surface area contributed by atoms with Gasteiger partial charge in [-0.05, 0) is 56.0 Å². The number of anilines is 1.